The Hall–Kier alpha value is -0.923. The monoisotopic (exact) mass is 403 g/mol. The van der Waals surface area contributed by atoms with E-state index in [1.807, 2.05) is 20.8 Å². The zero-order chi connectivity index (χ0) is 20.1. The second-order valence-electron chi connectivity index (χ2n) is 6.00. The van der Waals surface area contributed by atoms with Gasteiger partial charge in [0, 0.05) is 38.7 Å². The number of nitrogens with zero attached hydrogens (tertiary/aromatic N) is 3. The summed E-state index contributed by atoms with van der Waals surface area (Å²) in [6.07, 6.45) is 2.64. The Balaban J connectivity index is 2.82. The maximum Gasteiger partial charge on any atom is 0.500 e. The summed E-state index contributed by atoms with van der Waals surface area (Å²) in [5.41, 5.74) is 14.1. The molecule has 0 saturated heterocycles. The van der Waals surface area contributed by atoms with Gasteiger partial charge in [0.15, 0.2) is 0 Å². The molecule has 0 bridgehead atoms. The van der Waals surface area contributed by atoms with Crippen LogP contribution in [0.4, 0.5) is 0 Å². The van der Waals surface area contributed by atoms with Crippen LogP contribution in [0.1, 0.15) is 46.5 Å². The second kappa shape index (κ2) is 13.3. The van der Waals surface area contributed by atoms with Gasteiger partial charge in [-0.3, -0.25) is 10.9 Å². The average Bonchev–Trinajstić information content (AvgIpc) is 2.63. The van der Waals surface area contributed by atoms with Crippen molar-refractivity contribution in [1.29, 1.82) is 0 Å². The maximum atomic E-state index is 5.92. The molecule has 7 N–H and O–H groups in total. The van der Waals surface area contributed by atoms with Gasteiger partial charge >= 0.3 is 8.80 Å². The fourth-order valence-electron chi connectivity index (χ4n) is 3.05. The van der Waals surface area contributed by atoms with Crippen molar-refractivity contribution in [3.05, 3.63) is 0 Å². The Kier molecular flexibility index (Phi) is 11.9. The van der Waals surface area contributed by atoms with E-state index in [1.165, 1.54) is 0 Å². The van der Waals surface area contributed by atoms with Crippen LogP contribution in [-0.4, -0.2) is 64.6 Å². The van der Waals surface area contributed by atoms with E-state index in [0.29, 0.717) is 45.8 Å². The van der Waals surface area contributed by atoms with Gasteiger partial charge in [0.25, 0.3) is 0 Å². The molecular formula is C16H37N7O3Si. The number of aliphatic imine (C=N–C) groups is 2. The summed E-state index contributed by atoms with van der Waals surface area (Å²) in [5, 5.41) is 1.78. The third kappa shape index (κ3) is 7.54. The summed E-state index contributed by atoms with van der Waals surface area (Å²) < 4.78 is 17.8. The first kappa shape index (κ1) is 24.1. The van der Waals surface area contributed by atoms with Crippen LogP contribution in [0.25, 0.3) is 0 Å². The zero-order valence-electron chi connectivity index (χ0n) is 16.9. The lowest BCUT2D eigenvalue weighted by Crippen LogP contribution is -2.54. The first-order chi connectivity index (χ1) is 13.1. The highest BCUT2D eigenvalue weighted by molar-refractivity contribution is 6.60. The summed E-state index contributed by atoms with van der Waals surface area (Å²) in [7, 11) is -2.67. The normalized spacial score (nSPS) is 17.9. The maximum absolute atomic E-state index is 5.92. The molecule has 1 rings (SSSR count). The molecule has 11 heteroatoms. The topological polar surface area (TPSA) is 146 Å². The predicted octanol–water partition coefficient (Wildman–Crippen LogP) is 0.330. The molecule has 1 unspecified atom stereocenters. The number of nitrogens with one attached hydrogen (secondary N) is 1. The lowest BCUT2D eigenvalue weighted by molar-refractivity contribution is 0.0700. The molecular weight excluding hydrogens is 366 g/mol. The van der Waals surface area contributed by atoms with Gasteiger partial charge in [0.1, 0.15) is 17.8 Å². The molecule has 27 heavy (non-hydrogen) atoms. The Morgan fingerprint density at radius 2 is 1.63 bits per heavy atom. The van der Waals surface area contributed by atoms with E-state index in [0.717, 1.165) is 30.6 Å². The van der Waals surface area contributed by atoms with Gasteiger partial charge in [0.2, 0.25) is 0 Å². The van der Waals surface area contributed by atoms with Gasteiger partial charge < -0.3 is 24.7 Å². The largest absolute Gasteiger partial charge is 0.500 e. The lowest BCUT2D eigenvalue weighted by atomic mass is 10.2. The van der Waals surface area contributed by atoms with E-state index < -0.39 is 8.80 Å². The summed E-state index contributed by atoms with van der Waals surface area (Å²) in [4.78, 5) is 9.23. The van der Waals surface area contributed by atoms with Crippen LogP contribution in [-0.2, 0) is 13.3 Å². The molecule has 1 heterocycles. The summed E-state index contributed by atoms with van der Waals surface area (Å²) in [6.45, 7) is 8.55. The van der Waals surface area contributed by atoms with Crippen molar-refractivity contribution in [3.8, 4) is 0 Å². The molecule has 0 aliphatic carbocycles. The molecule has 0 saturated carbocycles. The van der Waals surface area contributed by atoms with Gasteiger partial charge in [-0.2, -0.15) is 5.53 Å². The number of nitrogens with two attached hydrogens (primary N) is 3. The molecule has 1 atom stereocenters. The molecule has 1 aliphatic heterocycles. The molecule has 158 valence electrons. The number of amidine groups is 2. The van der Waals surface area contributed by atoms with E-state index >= 15 is 0 Å². The SMILES string of the molecule is CCO[Si](CCCC1N=C(CCN)N=C(CCN)N1NN)(OCC)OCC. The summed E-state index contributed by atoms with van der Waals surface area (Å²) in [5.74, 6) is 7.25. The van der Waals surface area contributed by atoms with Crippen molar-refractivity contribution < 1.29 is 13.3 Å². The minimum Gasteiger partial charge on any atom is -0.374 e. The van der Waals surface area contributed by atoms with Gasteiger partial charge in [-0.1, -0.05) is 0 Å². The highest BCUT2D eigenvalue weighted by atomic mass is 28.4. The van der Waals surface area contributed by atoms with E-state index in [1.54, 1.807) is 5.01 Å². The molecule has 0 fully saturated rings. The average molecular weight is 404 g/mol. The quantitative estimate of drug-likeness (QED) is 0.174. The van der Waals surface area contributed by atoms with Crippen molar-refractivity contribution in [2.24, 2.45) is 27.3 Å². The molecule has 0 aromatic carbocycles. The van der Waals surface area contributed by atoms with Crippen LogP contribution in [0.2, 0.25) is 6.04 Å². The predicted molar refractivity (Wildman–Crippen MR) is 110 cm³/mol. The lowest BCUT2D eigenvalue weighted by Gasteiger charge is -2.34. The zero-order valence-corrected chi connectivity index (χ0v) is 17.9. The fourth-order valence-corrected chi connectivity index (χ4v) is 5.68. The molecule has 1 aliphatic rings. The Bertz CT molecular complexity index is 462. The number of hydrogen-bond acceptors (Lipinski definition) is 10. The van der Waals surface area contributed by atoms with E-state index in [4.69, 9.17) is 35.6 Å². The Labute approximate surface area is 163 Å². The van der Waals surface area contributed by atoms with Crippen LogP contribution < -0.4 is 22.8 Å². The first-order valence-corrected chi connectivity index (χ1v) is 11.7. The van der Waals surface area contributed by atoms with Crippen LogP contribution in [0.3, 0.4) is 0 Å². The second-order valence-corrected chi connectivity index (χ2v) is 8.74. The van der Waals surface area contributed by atoms with Crippen LogP contribution in [0.5, 0.6) is 0 Å². The molecule has 0 spiro atoms. The van der Waals surface area contributed by atoms with E-state index in [-0.39, 0.29) is 6.17 Å². The van der Waals surface area contributed by atoms with Crippen molar-refractivity contribution in [2.75, 3.05) is 32.9 Å². The number of hydrogen-bond donors (Lipinski definition) is 4. The third-order valence-corrected chi connectivity index (χ3v) is 7.20. The summed E-state index contributed by atoms with van der Waals surface area (Å²) in [6, 6.07) is 0.725. The molecule has 10 nitrogen and oxygen atoms in total. The number of rotatable bonds is 15. The van der Waals surface area contributed by atoms with Crippen LogP contribution >= 0.6 is 0 Å². The van der Waals surface area contributed by atoms with Crippen molar-refractivity contribution in [3.63, 3.8) is 0 Å². The van der Waals surface area contributed by atoms with Crippen LogP contribution in [0, 0.1) is 0 Å². The van der Waals surface area contributed by atoms with Gasteiger partial charge in [-0.25, -0.2) is 9.98 Å². The Morgan fingerprint density at radius 1 is 1.04 bits per heavy atom. The number of hydrazine groups is 2. The van der Waals surface area contributed by atoms with E-state index in [9.17, 15) is 0 Å². The molecule has 0 amide bonds. The molecule has 0 aromatic heterocycles. The van der Waals surface area contributed by atoms with Gasteiger partial charge in [0.05, 0.1) is 0 Å². The third-order valence-electron chi connectivity index (χ3n) is 4.05. The first-order valence-electron chi connectivity index (χ1n) is 9.81. The minimum absolute atomic E-state index is 0.174. The van der Waals surface area contributed by atoms with E-state index in [2.05, 4.69) is 10.5 Å². The highest BCUT2D eigenvalue weighted by Gasteiger charge is 2.40. The summed E-state index contributed by atoms with van der Waals surface area (Å²) >= 11 is 0. The molecule has 0 aromatic rings. The van der Waals surface area contributed by atoms with Crippen molar-refractivity contribution in [1.82, 2.24) is 10.5 Å². The van der Waals surface area contributed by atoms with Crippen LogP contribution in [0.15, 0.2) is 9.98 Å². The standard InChI is InChI=1S/C16H37N7O3Si/c1-4-24-27(25-5-2,26-6-3)13-7-8-15-20-14(9-11-17)21-16(10-12-18)23(15)22-19/h15,22H,4-13,17-19H2,1-3H3. The molecule has 0 radical (unpaired) electrons. The highest BCUT2D eigenvalue weighted by Crippen LogP contribution is 2.23. The van der Waals surface area contributed by atoms with Gasteiger partial charge in [-0.15, -0.1) is 0 Å². The fraction of sp³-hybridized carbons (Fsp3) is 0.875. The van der Waals surface area contributed by atoms with Crippen molar-refractivity contribution in [2.45, 2.75) is 58.7 Å². The minimum atomic E-state index is -2.67. The van der Waals surface area contributed by atoms with Crippen molar-refractivity contribution >= 4 is 20.5 Å². The smallest absolute Gasteiger partial charge is 0.374 e. The van der Waals surface area contributed by atoms with Gasteiger partial charge in [-0.05, 0) is 46.7 Å². The Morgan fingerprint density at radius 3 is 2.11 bits per heavy atom.